The van der Waals surface area contributed by atoms with Crippen molar-refractivity contribution in [3.8, 4) is 11.3 Å². The Kier molecular flexibility index (Phi) is 4.48. The van der Waals surface area contributed by atoms with Gasteiger partial charge < -0.3 is 15.1 Å². The van der Waals surface area contributed by atoms with E-state index in [1.54, 1.807) is 24.5 Å². The quantitative estimate of drug-likeness (QED) is 0.529. The van der Waals surface area contributed by atoms with E-state index in [0.29, 0.717) is 17.0 Å². The number of nitrogens with zero attached hydrogens (tertiary/aromatic N) is 2. The molecule has 4 aromatic rings. The molecule has 1 aliphatic carbocycles. The van der Waals surface area contributed by atoms with Gasteiger partial charge in [-0.2, -0.15) is 0 Å². The SMILES string of the molecule is O=C(Nc1cnccc1-c1cc2ccccc2o1)c1ccnc(C(=O)NC2CC2)c1. The second kappa shape index (κ2) is 7.44. The van der Waals surface area contributed by atoms with Gasteiger partial charge in [0.1, 0.15) is 17.0 Å². The minimum Gasteiger partial charge on any atom is -0.456 e. The highest BCUT2D eigenvalue weighted by molar-refractivity contribution is 6.07. The Morgan fingerprint density at radius 1 is 1.00 bits per heavy atom. The molecule has 1 aliphatic rings. The topological polar surface area (TPSA) is 97.1 Å². The van der Waals surface area contributed by atoms with Gasteiger partial charge in [0.15, 0.2) is 0 Å². The average Bonchev–Trinajstić information content (AvgIpc) is 3.48. The van der Waals surface area contributed by atoms with E-state index in [1.165, 1.54) is 12.3 Å². The Morgan fingerprint density at radius 3 is 2.70 bits per heavy atom. The number of furan rings is 1. The van der Waals surface area contributed by atoms with Crippen LogP contribution < -0.4 is 10.6 Å². The summed E-state index contributed by atoms with van der Waals surface area (Å²) < 4.78 is 5.93. The fourth-order valence-electron chi connectivity index (χ4n) is 3.20. The lowest BCUT2D eigenvalue weighted by molar-refractivity contribution is 0.0946. The molecule has 1 saturated carbocycles. The van der Waals surface area contributed by atoms with Crippen molar-refractivity contribution in [3.05, 3.63) is 78.4 Å². The predicted molar refractivity (Wildman–Crippen MR) is 112 cm³/mol. The van der Waals surface area contributed by atoms with Crippen LogP contribution in [0.4, 0.5) is 5.69 Å². The Hall–Kier alpha value is -4.00. The molecule has 0 spiro atoms. The monoisotopic (exact) mass is 398 g/mol. The molecule has 0 saturated heterocycles. The molecule has 3 heterocycles. The molecule has 0 atom stereocenters. The predicted octanol–water partition coefficient (Wildman–Crippen LogP) is 4.03. The molecule has 7 heteroatoms. The number of amides is 2. The van der Waals surface area contributed by atoms with E-state index in [0.717, 1.165) is 29.4 Å². The molecule has 5 rings (SSSR count). The van der Waals surface area contributed by atoms with Crippen molar-refractivity contribution in [2.45, 2.75) is 18.9 Å². The molecule has 7 nitrogen and oxygen atoms in total. The van der Waals surface area contributed by atoms with Crippen LogP contribution in [0.25, 0.3) is 22.3 Å². The van der Waals surface area contributed by atoms with E-state index in [4.69, 9.17) is 4.42 Å². The first-order valence-corrected chi connectivity index (χ1v) is 9.68. The second-order valence-corrected chi connectivity index (χ2v) is 7.20. The highest BCUT2D eigenvalue weighted by Crippen LogP contribution is 2.32. The summed E-state index contributed by atoms with van der Waals surface area (Å²) in [5.74, 6) is 0.00727. The molecule has 1 fully saturated rings. The number of rotatable bonds is 5. The van der Waals surface area contributed by atoms with Crippen LogP contribution in [0.3, 0.4) is 0 Å². The van der Waals surface area contributed by atoms with E-state index in [9.17, 15) is 9.59 Å². The minimum absolute atomic E-state index is 0.221. The van der Waals surface area contributed by atoms with Crippen molar-refractivity contribution < 1.29 is 14.0 Å². The standard InChI is InChI=1S/C23H18N4O3/c28-22(15-7-10-25-18(11-15)23(29)26-16-5-6-16)27-19-13-24-9-8-17(19)21-12-14-3-1-2-4-20(14)30-21/h1-4,7-13,16H,5-6H2,(H,26,29)(H,27,28). The summed E-state index contributed by atoms with van der Waals surface area (Å²) in [6, 6.07) is 14.7. The van der Waals surface area contributed by atoms with Gasteiger partial charge in [-0.25, -0.2) is 0 Å². The van der Waals surface area contributed by atoms with Gasteiger partial charge in [0.25, 0.3) is 11.8 Å². The molecule has 0 radical (unpaired) electrons. The van der Waals surface area contributed by atoms with Gasteiger partial charge in [0.05, 0.1) is 11.9 Å². The molecule has 3 aromatic heterocycles. The van der Waals surface area contributed by atoms with Gasteiger partial charge in [-0.15, -0.1) is 0 Å². The normalized spacial score (nSPS) is 13.2. The highest BCUT2D eigenvalue weighted by Gasteiger charge is 2.24. The lowest BCUT2D eigenvalue weighted by Gasteiger charge is -2.09. The molecule has 2 N–H and O–H groups in total. The minimum atomic E-state index is -0.358. The van der Waals surface area contributed by atoms with Crippen LogP contribution in [0.2, 0.25) is 0 Å². The number of hydrogen-bond acceptors (Lipinski definition) is 5. The zero-order valence-corrected chi connectivity index (χ0v) is 16.0. The lowest BCUT2D eigenvalue weighted by Crippen LogP contribution is -2.26. The number of pyridine rings is 2. The summed E-state index contributed by atoms with van der Waals surface area (Å²) >= 11 is 0. The van der Waals surface area contributed by atoms with E-state index in [-0.39, 0.29) is 23.6 Å². The molecule has 0 unspecified atom stereocenters. The zero-order valence-electron chi connectivity index (χ0n) is 16.0. The van der Waals surface area contributed by atoms with Crippen LogP contribution >= 0.6 is 0 Å². The fraction of sp³-hybridized carbons (Fsp3) is 0.130. The maximum atomic E-state index is 12.9. The Bertz CT molecular complexity index is 1230. The summed E-state index contributed by atoms with van der Waals surface area (Å²) in [7, 11) is 0. The summed E-state index contributed by atoms with van der Waals surface area (Å²) in [5.41, 5.74) is 2.56. The van der Waals surface area contributed by atoms with Crippen LogP contribution in [-0.4, -0.2) is 27.8 Å². The van der Waals surface area contributed by atoms with Crippen molar-refractivity contribution in [2.75, 3.05) is 5.32 Å². The van der Waals surface area contributed by atoms with Gasteiger partial charge in [0.2, 0.25) is 0 Å². The fourth-order valence-corrected chi connectivity index (χ4v) is 3.20. The Labute approximate surface area is 172 Å². The number of para-hydroxylation sites is 1. The number of anilines is 1. The zero-order chi connectivity index (χ0) is 20.5. The summed E-state index contributed by atoms with van der Waals surface area (Å²) in [6.07, 6.45) is 6.64. The van der Waals surface area contributed by atoms with Crippen molar-refractivity contribution in [2.24, 2.45) is 0 Å². The maximum Gasteiger partial charge on any atom is 0.270 e. The van der Waals surface area contributed by atoms with Crippen LogP contribution in [0.15, 0.2) is 71.5 Å². The number of hydrogen-bond donors (Lipinski definition) is 2. The number of fused-ring (bicyclic) bond motifs is 1. The van der Waals surface area contributed by atoms with Crippen molar-refractivity contribution in [1.82, 2.24) is 15.3 Å². The first-order valence-electron chi connectivity index (χ1n) is 9.68. The van der Waals surface area contributed by atoms with E-state index in [1.807, 2.05) is 30.3 Å². The summed E-state index contributed by atoms with van der Waals surface area (Å²) in [4.78, 5) is 33.3. The summed E-state index contributed by atoms with van der Waals surface area (Å²) in [5, 5.41) is 6.72. The molecular formula is C23H18N4O3. The molecule has 2 amide bonds. The first-order chi connectivity index (χ1) is 14.7. The molecule has 0 aliphatic heterocycles. The van der Waals surface area contributed by atoms with Gasteiger partial charge in [-0.3, -0.25) is 19.6 Å². The average molecular weight is 398 g/mol. The molecule has 148 valence electrons. The Balaban J connectivity index is 1.41. The van der Waals surface area contributed by atoms with Crippen LogP contribution in [-0.2, 0) is 0 Å². The highest BCUT2D eigenvalue weighted by atomic mass is 16.3. The van der Waals surface area contributed by atoms with Gasteiger partial charge in [0, 0.05) is 34.9 Å². The number of benzene rings is 1. The van der Waals surface area contributed by atoms with Crippen LogP contribution in [0, 0.1) is 0 Å². The number of carbonyl (C=O) groups is 2. The van der Waals surface area contributed by atoms with Crippen molar-refractivity contribution in [3.63, 3.8) is 0 Å². The number of carbonyl (C=O) groups excluding carboxylic acids is 2. The Morgan fingerprint density at radius 2 is 1.87 bits per heavy atom. The van der Waals surface area contributed by atoms with Crippen molar-refractivity contribution >= 4 is 28.5 Å². The van der Waals surface area contributed by atoms with Gasteiger partial charge >= 0.3 is 0 Å². The summed E-state index contributed by atoms with van der Waals surface area (Å²) in [6.45, 7) is 0. The molecular weight excluding hydrogens is 380 g/mol. The number of aromatic nitrogens is 2. The maximum absolute atomic E-state index is 12.9. The second-order valence-electron chi connectivity index (χ2n) is 7.20. The van der Waals surface area contributed by atoms with Gasteiger partial charge in [-0.1, -0.05) is 18.2 Å². The van der Waals surface area contributed by atoms with E-state index < -0.39 is 0 Å². The third-order valence-corrected chi connectivity index (χ3v) is 4.93. The third-order valence-electron chi connectivity index (χ3n) is 4.93. The molecule has 0 bridgehead atoms. The first kappa shape index (κ1) is 18.1. The third kappa shape index (κ3) is 3.65. The lowest BCUT2D eigenvalue weighted by atomic mass is 10.1. The number of nitrogens with one attached hydrogen (secondary N) is 2. The van der Waals surface area contributed by atoms with Gasteiger partial charge in [-0.05, 0) is 43.2 Å². The van der Waals surface area contributed by atoms with Crippen LogP contribution in [0.1, 0.15) is 33.7 Å². The largest absolute Gasteiger partial charge is 0.456 e. The van der Waals surface area contributed by atoms with E-state index >= 15 is 0 Å². The van der Waals surface area contributed by atoms with Crippen molar-refractivity contribution in [1.29, 1.82) is 0 Å². The molecule has 30 heavy (non-hydrogen) atoms. The van der Waals surface area contributed by atoms with E-state index in [2.05, 4.69) is 20.6 Å². The van der Waals surface area contributed by atoms with Crippen LogP contribution in [0.5, 0.6) is 0 Å². The smallest absolute Gasteiger partial charge is 0.270 e. The molecule has 1 aromatic carbocycles.